The van der Waals surface area contributed by atoms with Crippen molar-refractivity contribution in [2.75, 3.05) is 24.7 Å². The van der Waals surface area contributed by atoms with E-state index in [0.717, 1.165) is 6.42 Å². The van der Waals surface area contributed by atoms with Gasteiger partial charge in [0, 0.05) is 19.7 Å². The van der Waals surface area contributed by atoms with E-state index in [-0.39, 0.29) is 18.5 Å². The molecule has 0 aromatic carbocycles. The number of unbranched alkanes of at least 4 members (excludes halogenated alkanes) is 1. The van der Waals surface area contributed by atoms with Gasteiger partial charge in [0.15, 0.2) is 18.2 Å². The number of fused-ring (bicyclic) bond motifs is 1. The van der Waals surface area contributed by atoms with Gasteiger partial charge in [-0.25, -0.2) is 4.98 Å². The maximum Gasteiger partial charge on any atom is 0.302 e. The van der Waals surface area contributed by atoms with Crippen LogP contribution in [0.25, 0.3) is 0 Å². The van der Waals surface area contributed by atoms with E-state index < -0.39 is 0 Å². The lowest BCUT2D eigenvalue weighted by molar-refractivity contribution is -0.141. The average Bonchev–Trinajstić information content (AvgIpc) is 2.40. The van der Waals surface area contributed by atoms with Crippen molar-refractivity contribution >= 4 is 17.7 Å². The monoisotopic (exact) mass is 264 g/mol. The number of aromatic nitrogens is 1. The molecule has 2 rings (SSSR count). The number of carbonyl (C=O) groups excluding carboxylic acids is 2. The Kier molecular flexibility index (Phi) is 4.33. The molecule has 0 saturated heterocycles. The fourth-order valence-corrected chi connectivity index (χ4v) is 1.85. The molecule has 0 saturated carbocycles. The van der Waals surface area contributed by atoms with Crippen LogP contribution in [0.3, 0.4) is 0 Å². The molecule has 0 atom stereocenters. The van der Waals surface area contributed by atoms with E-state index in [0.29, 0.717) is 31.1 Å². The Hall–Kier alpha value is -2.11. The van der Waals surface area contributed by atoms with Crippen LogP contribution < -0.4 is 9.64 Å². The summed E-state index contributed by atoms with van der Waals surface area (Å²) in [5.41, 5.74) is 0. The molecule has 1 aliphatic heterocycles. The van der Waals surface area contributed by atoms with E-state index in [1.54, 1.807) is 23.2 Å². The Labute approximate surface area is 111 Å². The van der Waals surface area contributed by atoms with Crippen LogP contribution in [-0.4, -0.2) is 36.6 Å². The van der Waals surface area contributed by atoms with Gasteiger partial charge in [0.1, 0.15) is 0 Å². The van der Waals surface area contributed by atoms with Crippen molar-refractivity contribution in [1.29, 1.82) is 0 Å². The molecule has 0 N–H and O–H groups in total. The van der Waals surface area contributed by atoms with Crippen molar-refractivity contribution in [2.45, 2.75) is 19.8 Å². The number of hydrogen-bond acceptors (Lipinski definition) is 5. The van der Waals surface area contributed by atoms with Crippen LogP contribution in [0.2, 0.25) is 0 Å². The topological polar surface area (TPSA) is 68.7 Å². The summed E-state index contributed by atoms with van der Waals surface area (Å²) in [6, 6.07) is 3.56. The third-order valence-electron chi connectivity index (χ3n) is 2.74. The highest BCUT2D eigenvalue weighted by Gasteiger charge is 2.25. The van der Waals surface area contributed by atoms with Crippen LogP contribution in [0, 0.1) is 0 Å². The molecule has 1 amide bonds. The number of hydrogen-bond donors (Lipinski definition) is 0. The molecule has 6 nitrogen and oxygen atoms in total. The molecule has 19 heavy (non-hydrogen) atoms. The number of anilines is 1. The Morgan fingerprint density at radius 3 is 3.16 bits per heavy atom. The SMILES string of the molecule is CC(=O)OCCCCN1C(=O)COc2cccnc21. The quantitative estimate of drug-likeness (QED) is 0.589. The van der Waals surface area contributed by atoms with Crippen LogP contribution in [0.1, 0.15) is 19.8 Å². The number of carbonyl (C=O) groups is 2. The lowest BCUT2D eigenvalue weighted by atomic mass is 10.2. The van der Waals surface area contributed by atoms with E-state index >= 15 is 0 Å². The number of pyridine rings is 1. The smallest absolute Gasteiger partial charge is 0.302 e. The van der Waals surface area contributed by atoms with Crippen molar-refractivity contribution in [3.8, 4) is 5.75 Å². The van der Waals surface area contributed by atoms with Gasteiger partial charge in [-0.15, -0.1) is 0 Å². The first-order valence-corrected chi connectivity index (χ1v) is 6.20. The van der Waals surface area contributed by atoms with Gasteiger partial charge in [-0.1, -0.05) is 0 Å². The first kappa shape index (κ1) is 13.3. The van der Waals surface area contributed by atoms with E-state index in [1.807, 2.05) is 0 Å². The zero-order valence-corrected chi connectivity index (χ0v) is 10.8. The van der Waals surface area contributed by atoms with E-state index in [1.165, 1.54) is 6.92 Å². The van der Waals surface area contributed by atoms with Crippen LogP contribution in [0.4, 0.5) is 5.82 Å². The van der Waals surface area contributed by atoms with Crippen molar-refractivity contribution in [2.24, 2.45) is 0 Å². The Morgan fingerprint density at radius 1 is 1.53 bits per heavy atom. The second-order valence-electron chi connectivity index (χ2n) is 4.21. The number of ether oxygens (including phenoxy) is 2. The van der Waals surface area contributed by atoms with Crippen molar-refractivity contribution in [3.63, 3.8) is 0 Å². The molecule has 1 aromatic rings. The van der Waals surface area contributed by atoms with Gasteiger partial charge < -0.3 is 9.47 Å². The minimum absolute atomic E-state index is 0.0443. The first-order chi connectivity index (χ1) is 9.18. The van der Waals surface area contributed by atoms with Crippen LogP contribution in [0.5, 0.6) is 5.75 Å². The van der Waals surface area contributed by atoms with Gasteiger partial charge in [-0.3, -0.25) is 14.5 Å². The molecule has 2 heterocycles. The van der Waals surface area contributed by atoms with E-state index in [2.05, 4.69) is 4.98 Å². The first-order valence-electron chi connectivity index (χ1n) is 6.20. The highest BCUT2D eigenvalue weighted by molar-refractivity contribution is 5.96. The second-order valence-corrected chi connectivity index (χ2v) is 4.21. The molecule has 102 valence electrons. The molecule has 1 aliphatic rings. The highest BCUT2D eigenvalue weighted by Crippen LogP contribution is 2.28. The van der Waals surface area contributed by atoms with Gasteiger partial charge in [0.05, 0.1) is 6.61 Å². The third kappa shape index (κ3) is 3.43. The lowest BCUT2D eigenvalue weighted by Crippen LogP contribution is -2.40. The number of amides is 1. The largest absolute Gasteiger partial charge is 0.480 e. The summed E-state index contributed by atoms with van der Waals surface area (Å²) in [6.07, 6.45) is 3.09. The van der Waals surface area contributed by atoms with Crippen molar-refractivity contribution < 1.29 is 19.1 Å². The van der Waals surface area contributed by atoms with E-state index in [9.17, 15) is 9.59 Å². The predicted octanol–water partition coefficient (Wildman–Crippen LogP) is 1.15. The number of esters is 1. The summed E-state index contributed by atoms with van der Waals surface area (Å²) in [4.78, 5) is 28.2. The fraction of sp³-hybridized carbons (Fsp3) is 0.462. The Bertz CT molecular complexity index is 475. The summed E-state index contributed by atoms with van der Waals surface area (Å²) in [5, 5.41) is 0. The fourth-order valence-electron chi connectivity index (χ4n) is 1.85. The third-order valence-corrected chi connectivity index (χ3v) is 2.74. The molecule has 0 bridgehead atoms. The van der Waals surface area contributed by atoms with Crippen molar-refractivity contribution in [1.82, 2.24) is 4.98 Å². The zero-order chi connectivity index (χ0) is 13.7. The van der Waals surface area contributed by atoms with Crippen LogP contribution in [-0.2, 0) is 14.3 Å². The lowest BCUT2D eigenvalue weighted by Gasteiger charge is -2.27. The highest BCUT2D eigenvalue weighted by atomic mass is 16.5. The molecule has 0 spiro atoms. The minimum Gasteiger partial charge on any atom is -0.480 e. The second kappa shape index (κ2) is 6.17. The number of rotatable bonds is 5. The summed E-state index contributed by atoms with van der Waals surface area (Å²) in [7, 11) is 0. The Balaban J connectivity index is 1.89. The van der Waals surface area contributed by atoms with Gasteiger partial charge in [0.25, 0.3) is 5.91 Å². The van der Waals surface area contributed by atoms with Gasteiger partial charge in [0.2, 0.25) is 0 Å². The molecule has 1 aromatic heterocycles. The van der Waals surface area contributed by atoms with Crippen molar-refractivity contribution in [3.05, 3.63) is 18.3 Å². The molecule has 0 radical (unpaired) electrons. The van der Waals surface area contributed by atoms with Gasteiger partial charge in [-0.2, -0.15) is 0 Å². The minimum atomic E-state index is -0.283. The van der Waals surface area contributed by atoms with Gasteiger partial charge in [-0.05, 0) is 25.0 Å². The van der Waals surface area contributed by atoms with Gasteiger partial charge >= 0.3 is 5.97 Å². The standard InChI is InChI=1S/C13H16N2O4/c1-10(16)18-8-3-2-7-15-12(17)9-19-11-5-4-6-14-13(11)15/h4-6H,2-3,7-9H2,1H3. The normalized spacial score (nSPS) is 13.7. The summed E-state index contributed by atoms with van der Waals surface area (Å²) in [6.45, 7) is 2.35. The summed E-state index contributed by atoms with van der Waals surface area (Å²) < 4.78 is 10.1. The maximum absolute atomic E-state index is 11.8. The molecule has 6 heteroatoms. The number of nitrogens with zero attached hydrogens (tertiary/aromatic N) is 2. The van der Waals surface area contributed by atoms with Crippen LogP contribution in [0.15, 0.2) is 18.3 Å². The molecule has 0 unspecified atom stereocenters. The van der Waals surface area contributed by atoms with Crippen LogP contribution >= 0.6 is 0 Å². The molecule has 0 fully saturated rings. The average molecular weight is 264 g/mol. The molecular formula is C13H16N2O4. The molecule has 0 aliphatic carbocycles. The zero-order valence-electron chi connectivity index (χ0n) is 10.8. The summed E-state index contributed by atoms with van der Waals surface area (Å²) >= 11 is 0. The Morgan fingerprint density at radius 2 is 2.37 bits per heavy atom. The summed E-state index contributed by atoms with van der Waals surface area (Å²) in [5.74, 6) is 0.807. The maximum atomic E-state index is 11.8. The predicted molar refractivity (Wildman–Crippen MR) is 68.0 cm³/mol. The van der Waals surface area contributed by atoms with E-state index in [4.69, 9.17) is 9.47 Å². The molecular weight excluding hydrogens is 248 g/mol.